The van der Waals surface area contributed by atoms with Gasteiger partial charge < -0.3 is 5.21 Å². The van der Waals surface area contributed by atoms with Crippen molar-refractivity contribution in [1.29, 1.82) is 0 Å². The fraction of sp³-hybridized carbons (Fsp3) is 0.923. The number of amides is 1. The molecule has 1 atom stereocenters. The number of hydrogen-bond donors (Lipinski definition) is 1. The summed E-state index contributed by atoms with van der Waals surface area (Å²) < 4.78 is 35.1. The second-order valence-corrected chi connectivity index (χ2v) is 7.89. The van der Waals surface area contributed by atoms with Gasteiger partial charge in [0, 0.05) is 0 Å². The third-order valence-electron chi connectivity index (χ3n) is 5.14. The van der Waals surface area contributed by atoms with Crippen molar-refractivity contribution in [2.75, 3.05) is 0 Å². The van der Waals surface area contributed by atoms with Gasteiger partial charge in [0.1, 0.15) is 0 Å². The van der Waals surface area contributed by atoms with Crippen molar-refractivity contribution >= 4 is 17.9 Å². The Morgan fingerprint density at radius 1 is 1.15 bits per heavy atom. The first kappa shape index (κ1) is 14.7. The van der Waals surface area contributed by atoms with Gasteiger partial charge in [-0.05, 0) is 61.7 Å². The van der Waals surface area contributed by atoms with Crippen LogP contribution in [0, 0.1) is 28.4 Å². The van der Waals surface area contributed by atoms with E-state index in [2.05, 4.69) is 0 Å². The van der Waals surface area contributed by atoms with Crippen LogP contribution in [-0.2, 0) is 4.79 Å². The van der Waals surface area contributed by atoms with Crippen LogP contribution in [0.4, 0.5) is 13.2 Å². The summed E-state index contributed by atoms with van der Waals surface area (Å²) in [5, 5.41) is 11.4. The van der Waals surface area contributed by atoms with Crippen LogP contribution in [0.25, 0.3) is 0 Å². The molecule has 4 rings (SSSR count). The summed E-state index contributed by atoms with van der Waals surface area (Å²) in [7, 11) is 0. The van der Waals surface area contributed by atoms with E-state index in [0.717, 1.165) is 19.3 Å². The molecule has 1 amide bonds. The lowest BCUT2D eigenvalue weighted by Crippen LogP contribution is -3.04. The third kappa shape index (κ3) is 2.99. The SMILES string of the molecule is O=C(CC12CC3CC(CC(C3)C1)C2)[NH+]([O-])SC(F)(F)F. The molecule has 114 valence electrons. The number of nitrogens with one attached hydrogen (secondary N) is 1. The van der Waals surface area contributed by atoms with Gasteiger partial charge in [-0.25, -0.2) is 9.26 Å². The predicted molar refractivity (Wildman–Crippen MR) is 68.2 cm³/mol. The van der Waals surface area contributed by atoms with Crippen LogP contribution in [0.1, 0.15) is 44.9 Å². The molecule has 0 heterocycles. The number of quaternary nitrogens is 1. The summed E-state index contributed by atoms with van der Waals surface area (Å²) in [5.74, 6) is 1.03. The highest BCUT2D eigenvalue weighted by atomic mass is 32.2. The zero-order chi connectivity index (χ0) is 14.5. The van der Waals surface area contributed by atoms with Gasteiger partial charge in [-0.2, -0.15) is 13.2 Å². The Morgan fingerprint density at radius 3 is 2.00 bits per heavy atom. The number of alkyl halides is 3. The van der Waals surface area contributed by atoms with Crippen LogP contribution in [-0.4, -0.2) is 11.4 Å². The van der Waals surface area contributed by atoms with Crippen LogP contribution in [0.15, 0.2) is 0 Å². The van der Waals surface area contributed by atoms with Gasteiger partial charge in [0.2, 0.25) is 0 Å². The maximum absolute atomic E-state index is 12.2. The molecule has 4 bridgehead atoms. The van der Waals surface area contributed by atoms with E-state index in [4.69, 9.17) is 0 Å². The Balaban J connectivity index is 1.64. The smallest absolute Gasteiger partial charge is 0.497 e. The maximum Gasteiger partial charge on any atom is 0.497 e. The van der Waals surface area contributed by atoms with Crippen LogP contribution in [0.2, 0.25) is 0 Å². The molecule has 0 saturated heterocycles. The van der Waals surface area contributed by atoms with Gasteiger partial charge in [-0.1, -0.05) is 0 Å². The van der Waals surface area contributed by atoms with Crippen molar-refractivity contribution in [2.24, 2.45) is 23.2 Å². The summed E-state index contributed by atoms with van der Waals surface area (Å²) in [6.07, 6.45) is 6.42. The molecule has 4 saturated carbocycles. The monoisotopic (exact) mass is 309 g/mol. The van der Waals surface area contributed by atoms with Gasteiger partial charge in [0.15, 0.2) is 11.9 Å². The van der Waals surface area contributed by atoms with Crippen molar-refractivity contribution in [1.82, 2.24) is 0 Å². The molecule has 1 N–H and O–H groups in total. The first-order valence-corrected chi connectivity index (χ1v) is 7.89. The Morgan fingerprint density at radius 2 is 1.60 bits per heavy atom. The lowest BCUT2D eigenvalue weighted by Gasteiger charge is -2.56. The molecule has 0 aromatic heterocycles. The second-order valence-electron chi connectivity index (χ2n) is 6.85. The third-order valence-corrected chi connectivity index (χ3v) is 5.78. The van der Waals surface area contributed by atoms with E-state index in [1.165, 1.54) is 19.3 Å². The number of rotatable bonds is 3. The minimum atomic E-state index is -4.66. The number of halogens is 3. The highest BCUT2D eigenvalue weighted by Crippen LogP contribution is 2.61. The molecule has 0 aromatic carbocycles. The molecule has 7 heteroatoms. The van der Waals surface area contributed by atoms with Crippen molar-refractivity contribution in [2.45, 2.75) is 50.5 Å². The number of carbonyl (C=O) groups is 1. The topological polar surface area (TPSA) is 44.6 Å². The van der Waals surface area contributed by atoms with Crippen molar-refractivity contribution < 1.29 is 22.4 Å². The van der Waals surface area contributed by atoms with E-state index >= 15 is 0 Å². The van der Waals surface area contributed by atoms with E-state index in [0.29, 0.717) is 17.8 Å². The Bertz CT molecular complexity index is 378. The highest BCUT2D eigenvalue weighted by Gasteiger charge is 2.52. The molecule has 0 spiro atoms. The average molecular weight is 309 g/mol. The molecule has 3 nitrogen and oxygen atoms in total. The first-order chi connectivity index (χ1) is 9.25. The predicted octanol–water partition coefficient (Wildman–Crippen LogP) is 2.67. The standard InChI is InChI=1S/C13H18F3NO2S/c14-13(15,16)20-17(19)11(18)7-12-4-8-1-9(5-12)3-10(2-8)6-12/h8-10,17H,1-7H2. The molecule has 20 heavy (non-hydrogen) atoms. The minimum Gasteiger partial charge on any atom is -0.614 e. The maximum atomic E-state index is 12.2. The molecule has 1 unspecified atom stereocenters. The first-order valence-electron chi connectivity index (χ1n) is 7.08. The van der Waals surface area contributed by atoms with Crippen LogP contribution in [0.5, 0.6) is 0 Å². The van der Waals surface area contributed by atoms with Crippen LogP contribution in [0.3, 0.4) is 0 Å². The van der Waals surface area contributed by atoms with E-state index < -0.39 is 27.8 Å². The zero-order valence-electron chi connectivity index (χ0n) is 11.0. The molecule has 4 aliphatic rings. The zero-order valence-corrected chi connectivity index (χ0v) is 11.9. The molecule has 4 fully saturated rings. The van der Waals surface area contributed by atoms with E-state index in [-0.39, 0.29) is 11.8 Å². The van der Waals surface area contributed by atoms with Gasteiger partial charge in [-0.15, -0.1) is 0 Å². The highest BCUT2D eigenvalue weighted by molar-refractivity contribution is 7.94. The Hall–Kier alpha value is -0.270. The van der Waals surface area contributed by atoms with Gasteiger partial charge >= 0.3 is 11.4 Å². The van der Waals surface area contributed by atoms with Crippen LogP contribution < -0.4 is 4.47 Å². The van der Waals surface area contributed by atoms with Crippen LogP contribution >= 0.6 is 11.9 Å². The van der Waals surface area contributed by atoms with Gasteiger partial charge in [-0.3, -0.25) is 0 Å². The molecule has 0 radical (unpaired) electrons. The lowest BCUT2D eigenvalue weighted by atomic mass is 9.49. The summed E-state index contributed by atoms with van der Waals surface area (Å²) in [6, 6.07) is 0. The number of hydroxylamine groups is 1. The quantitative estimate of drug-likeness (QED) is 0.644. The summed E-state index contributed by atoms with van der Waals surface area (Å²) in [4.78, 5) is 11.8. The molecular formula is C13H18F3NO2S. The number of hydrogen-bond acceptors (Lipinski definition) is 3. The van der Waals surface area contributed by atoms with E-state index in [1.807, 2.05) is 0 Å². The molecular weight excluding hydrogens is 291 g/mol. The van der Waals surface area contributed by atoms with E-state index in [1.54, 1.807) is 0 Å². The van der Waals surface area contributed by atoms with Crippen molar-refractivity contribution in [3.05, 3.63) is 5.21 Å². The minimum absolute atomic E-state index is 0.0262. The largest absolute Gasteiger partial charge is 0.614 e. The van der Waals surface area contributed by atoms with Crippen molar-refractivity contribution in [3.63, 3.8) is 0 Å². The Kier molecular flexibility index (Phi) is 3.58. The summed E-state index contributed by atoms with van der Waals surface area (Å²) >= 11 is -0.795. The molecule has 0 aromatic rings. The van der Waals surface area contributed by atoms with E-state index in [9.17, 15) is 23.2 Å². The fourth-order valence-electron chi connectivity index (χ4n) is 5.08. The number of carbonyl (C=O) groups excluding carboxylic acids is 1. The van der Waals surface area contributed by atoms with Gasteiger partial charge in [0.25, 0.3) is 0 Å². The lowest BCUT2D eigenvalue weighted by molar-refractivity contribution is -0.610. The fourth-order valence-corrected chi connectivity index (χ4v) is 5.48. The molecule has 4 aliphatic carbocycles. The Labute approximate surface area is 120 Å². The van der Waals surface area contributed by atoms with Crippen molar-refractivity contribution in [3.8, 4) is 0 Å². The summed E-state index contributed by atoms with van der Waals surface area (Å²) in [5.41, 5.74) is -4.83. The average Bonchev–Trinajstić information content (AvgIpc) is 2.23. The normalized spacial score (nSPS) is 40.9. The summed E-state index contributed by atoms with van der Waals surface area (Å²) in [6.45, 7) is 0. The second kappa shape index (κ2) is 4.88. The molecule has 0 aliphatic heterocycles. The van der Waals surface area contributed by atoms with Gasteiger partial charge in [0.05, 0.1) is 6.42 Å².